The number of rotatable bonds is 14. The predicted molar refractivity (Wildman–Crippen MR) is 141 cm³/mol. The summed E-state index contributed by atoms with van der Waals surface area (Å²) in [5.74, 6) is -4.10. The quantitative estimate of drug-likeness (QED) is 0.164. The molecule has 0 spiro atoms. The van der Waals surface area contributed by atoms with E-state index in [0.717, 1.165) is 0 Å². The van der Waals surface area contributed by atoms with Crippen LogP contribution in [0.2, 0.25) is 5.02 Å². The van der Waals surface area contributed by atoms with E-state index >= 15 is 0 Å². The van der Waals surface area contributed by atoms with Crippen molar-refractivity contribution >= 4 is 75.4 Å². The van der Waals surface area contributed by atoms with Gasteiger partial charge >= 0.3 is 228 Å². The van der Waals surface area contributed by atoms with Crippen LogP contribution in [0.15, 0.2) is 48.5 Å². The predicted octanol–water partition coefficient (Wildman–Crippen LogP) is 0.448. The average molecular weight is 616 g/mol. The summed E-state index contributed by atoms with van der Waals surface area (Å²) in [6.45, 7) is -0.636. The molecule has 7 N–H and O–H groups in total. The number of nitrogens with two attached hydrogens (primary N) is 1. The Kier molecular flexibility index (Phi) is 12.4. The third-order valence-electron chi connectivity index (χ3n) is 4.67. The molecule has 0 radical (unpaired) electrons. The molecule has 37 heavy (non-hydrogen) atoms. The number of carboxylic acid groups (broad SMARTS) is 2. The van der Waals surface area contributed by atoms with Gasteiger partial charge in [-0.2, -0.15) is 0 Å². The van der Waals surface area contributed by atoms with Crippen LogP contribution in [-0.4, -0.2) is 78.1 Å². The van der Waals surface area contributed by atoms with E-state index < -0.39 is 56.2 Å². The Bertz CT molecular complexity index is 1140. The van der Waals surface area contributed by atoms with Crippen molar-refractivity contribution in [3.8, 4) is 0 Å². The van der Waals surface area contributed by atoms with Gasteiger partial charge in [0.2, 0.25) is 0 Å². The molecule has 0 bridgehead atoms. The van der Waals surface area contributed by atoms with Crippen molar-refractivity contribution in [1.29, 1.82) is 0 Å². The fourth-order valence-corrected chi connectivity index (χ4v) is 7.36. The van der Waals surface area contributed by atoms with Crippen molar-refractivity contribution in [2.24, 2.45) is 5.73 Å². The maximum atomic E-state index is 12.8. The molecule has 0 aliphatic heterocycles. The normalized spacial score (nSPS) is 12.2. The van der Waals surface area contributed by atoms with E-state index in [2.05, 4.69) is 16.0 Å². The number of aliphatic carboxylic acids is 2. The number of carboxylic acids is 2. The van der Waals surface area contributed by atoms with Gasteiger partial charge in [0.1, 0.15) is 0 Å². The van der Waals surface area contributed by atoms with E-state index in [1.54, 1.807) is 42.5 Å². The molecule has 0 aliphatic rings. The molecule has 11 nitrogen and oxygen atoms in total. The molecule has 2 rings (SSSR count). The van der Waals surface area contributed by atoms with Crippen LogP contribution in [0.4, 0.5) is 5.69 Å². The number of para-hydroxylation sites is 1. The van der Waals surface area contributed by atoms with Gasteiger partial charge in [0.25, 0.3) is 0 Å². The molecule has 0 saturated carbocycles. The van der Waals surface area contributed by atoms with E-state index in [1.807, 2.05) is 6.07 Å². The van der Waals surface area contributed by atoms with Gasteiger partial charge in [-0.25, -0.2) is 0 Å². The van der Waals surface area contributed by atoms with Gasteiger partial charge in [-0.05, 0) is 0 Å². The summed E-state index contributed by atoms with van der Waals surface area (Å²) in [6.07, 6.45) is -0.367. The topological polar surface area (TPSA) is 188 Å². The van der Waals surface area contributed by atoms with Crippen molar-refractivity contribution in [3.05, 3.63) is 59.1 Å². The Morgan fingerprint density at radius 2 is 1.76 bits per heavy atom. The monoisotopic (exact) mass is 616 g/mol. The Balaban J connectivity index is 2.07. The van der Waals surface area contributed by atoms with Gasteiger partial charge < -0.3 is 0 Å². The number of carbonyl (C=O) groups is 5. The zero-order valence-electron chi connectivity index (χ0n) is 19.3. The SMILES string of the molecule is NC(CCC(=O)NC(CS[Se]c1cc(Cl)ccc1C(=O)Nc1ccccc1)C(=O)NCC(=O)O)C(=O)O. The fraction of sp³-hybridized carbons (Fsp3) is 0.261. The van der Waals surface area contributed by atoms with Gasteiger partial charge in [-0.15, -0.1) is 0 Å². The number of hydrogen-bond donors (Lipinski definition) is 6. The van der Waals surface area contributed by atoms with Crippen molar-refractivity contribution in [3.63, 3.8) is 0 Å². The van der Waals surface area contributed by atoms with Crippen LogP contribution in [0.5, 0.6) is 0 Å². The van der Waals surface area contributed by atoms with Crippen LogP contribution in [0.3, 0.4) is 0 Å². The first-order chi connectivity index (χ1) is 17.6. The molecule has 14 heteroatoms. The second kappa shape index (κ2) is 15.2. The summed E-state index contributed by atoms with van der Waals surface area (Å²) in [6, 6.07) is 11.4. The number of nitrogens with one attached hydrogen (secondary N) is 3. The van der Waals surface area contributed by atoms with Gasteiger partial charge in [0.15, 0.2) is 0 Å². The third-order valence-corrected chi connectivity index (χ3v) is 9.11. The van der Waals surface area contributed by atoms with Crippen LogP contribution >= 0.6 is 21.8 Å². The number of anilines is 1. The van der Waals surface area contributed by atoms with Crippen LogP contribution in [-0.2, 0) is 19.2 Å². The van der Waals surface area contributed by atoms with Crippen molar-refractivity contribution in [2.45, 2.75) is 24.9 Å². The van der Waals surface area contributed by atoms with Crippen molar-refractivity contribution < 1.29 is 34.2 Å². The van der Waals surface area contributed by atoms with Crippen LogP contribution in [0, 0.1) is 0 Å². The molecular formula is C23H25ClN4O7SSe. The molecular weight excluding hydrogens is 591 g/mol. The molecule has 0 aromatic heterocycles. The minimum atomic E-state index is -1.25. The molecule has 2 atom stereocenters. The van der Waals surface area contributed by atoms with Crippen molar-refractivity contribution in [2.75, 3.05) is 17.6 Å². The van der Waals surface area contributed by atoms with Gasteiger partial charge in [0, 0.05) is 0 Å². The van der Waals surface area contributed by atoms with Crippen LogP contribution < -0.4 is 26.1 Å². The summed E-state index contributed by atoms with van der Waals surface area (Å²) in [7, 11) is 1.28. The van der Waals surface area contributed by atoms with Gasteiger partial charge in [0.05, 0.1) is 0 Å². The summed E-state index contributed by atoms with van der Waals surface area (Å²) in [5.41, 5.74) is 6.43. The Hall–Kier alpha value is -3.09. The van der Waals surface area contributed by atoms with Gasteiger partial charge in [-0.1, -0.05) is 0 Å². The standard InChI is InChI=1S/C23H25ClN4O7SSe/c24-13-6-7-15(21(32)27-14-4-2-1-3-5-14)18(10-13)37-36-12-17(22(33)26-11-20(30)31)28-19(29)9-8-16(25)23(34)35/h1-7,10,16-17H,8-9,11-12,25H2,(H,26,33)(H,27,32)(H,28,29)(H,30,31)(H,34,35). The van der Waals surface area contributed by atoms with E-state index in [0.29, 0.717) is 20.7 Å². The number of halogens is 1. The molecule has 3 amide bonds. The summed E-state index contributed by atoms with van der Waals surface area (Å²) in [4.78, 5) is 59.3. The summed E-state index contributed by atoms with van der Waals surface area (Å²) >= 11 is 5.72. The maximum absolute atomic E-state index is 12.8. The first-order valence-corrected chi connectivity index (χ1v) is 15.0. The average Bonchev–Trinajstić information content (AvgIpc) is 2.85. The zero-order valence-corrected chi connectivity index (χ0v) is 22.6. The third kappa shape index (κ3) is 10.8. The van der Waals surface area contributed by atoms with E-state index in [1.165, 1.54) is 10.2 Å². The Morgan fingerprint density at radius 1 is 1.05 bits per heavy atom. The summed E-state index contributed by atoms with van der Waals surface area (Å²) < 4.78 is 0.655. The number of hydrogen-bond acceptors (Lipinski definition) is 7. The van der Waals surface area contributed by atoms with Gasteiger partial charge in [-0.3, -0.25) is 0 Å². The number of carbonyl (C=O) groups excluding carboxylic acids is 3. The van der Waals surface area contributed by atoms with Crippen LogP contribution in [0.1, 0.15) is 23.2 Å². The molecule has 2 aromatic rings. The minimum absolute atomic E-state index is 0.0639. The summed E-state index contributed by atoms with van der Waals surface area (Å²) in [5, 5.41) is 25.6. The van der Waals surface area contributed by atoms with E-state index in [9.17, 15) is 24.0 Å². The van der Waals surface area contributed by atoms with E-state index in [-0.39, 0.29) is 24.5 Å². The first-order valence-electron chi connectivity index (χ1n) is 10.8. The molecule has 0 heterocycles. The van der Waals surface area contributed by atoms with Crippen molar-refractivity contribution in [1.82, 2.24) is 10.6 Å². The second-order valence-corrected chi connectivity index (χ2v) is 12.2. The fourth-order valence-electron chi connectivity index (χ4n) is 2.78. The Labute approximate surface area is 227 Å². The molecule has 2 aromatic carbocycles. The second-order valence-electron chi connectivity index (χ2n) is 7.54. The van der Waals surface area contributed by atoms with E-state index in [4.69, 9.17) is 27.5 Å². The van der Waals surface area contributed by atoms with Crippen LogP contribution in [0.25, 0.3) is 0 Å². The zero-order chi connectivity index (χ0) is 27.4. The first kappa shape index (κ1) is 30.1. The number of amides is 3. The number of benzene rings is 2. The molecule has 0 fully saturated rings. The molecule has 198 valence electrons. The molecule has 0 aliphatic carbocycles. The Morgan fingerprint density at radius 3 is 2.41 bits per heavy atom. The molecule has 2 unspecified atom stereocenters. The molecule has 0 saturated heterocycles.